The Kier molecular flexibility index (Phi) is 3.61. The zero-order chi connectivity index (χ0) is 12.5. The van der Waals surface area contributed by atoms with Crippen LogP contribution in [0.1, 0.15) is 19.4 Å². The number of nitrogens with one attached hydrogen (secondary N) is 1. The topological polar surface area (TPSA) is 50.7 Å². The third-order valence-electron chi connectivity index (χ3n) is 2.65. The average molecular weight is 302 g/mol. The fraction of sp³-hybridized carbons (Fsp3) is 0.500. The summed E-state index contributed by atoms with van der Waals surface area (Å²) in [5, 5.41) is 12.4. The highest BCUT2D eigenvalue weighted by molar-refractivity contribution is 9.10. The van der Waals surface area contributed by atoms with Crippen molar-refractivity contribution in [2.24, 2.45) is 0 Å². The number of aliphatic hydroxyl groups is 1. The number of rotatable bonds is 4. The van der Waals surface area contributed by atoms with Gasteiger partial charge in [0.15, 0.2) is 11.5 Å². The third kappa shape index (κ3) is 2.91. The standard InChI is InChI=1S/C12H16BrNO3/c1-12(2,6-15)14-5-8-3-9(13)11-10(4-8)16-7-17-11/h3-4,14-15H,5-7H2,1-2H3. The number of hydrogen-bond acceptors (Lipinski definition) is 4. The predicted molar refractivity (Wildman–Crippen MR) is 68.3 cm³/mol. The van der Waals surface area contributed by atoms with Crippen LogP contribution < -0.4 is 14.8 Å². The van der Waals surface area contributed by atoms with E-state index in [1.165, 1.54) is 0 Å². The lowest BCUT2D eigenvalue weighted by molar-refractivity contribution is 0.173. The van der Waals surface area contributed by atoms with Crippen molar-refractivity contribution in [3.05, 3.63) is 22.2 Å². The molecule has 94 valence electrons. The van der Waals surface area contributed by atoms with E-state index in [1.54, 1.807) is 0 Å². The molecule has 0 fully saturated rings. The maximum atomic E-state index is 9.17. The van der Waals surface area contributed by atoms with Gasteiger partial charge < -0.3 is 19.9 Å². The maximum Gasteiger partial charge on any atom is 0.231 e. The van der Waals surface area contributed by atoms with Crippen LogP contribution in [0.2, 0.25) is 0 Å². The van der Waals surface area contributed by atoms with Crippen molar-refractivity contribution >= 4 is 15.9 Å². The van der Waals surface area contributed by atoms with Crippen LogP contribution in [0.5, 0.6) is 11.5 Å². The molecular weight excluding hydrogens is 286 g/mol. The fourth-order valence-electron chi connectivity index (χ4n) is 1.52. The minimum Gasteiger partial charge on any atom is -0.454 e. The van der Waals surface area contributed by atoms with Gasteiger partial charge in [-0.2, -0.15) is 0 Å². The van der Waals surface area contributed by atoms with Gasteiger partial charge >= 0.3 is 0 Å². The van der Waals surface area contributed by atoms with Crippen LogP contribution in [0.3, 0.4) is 0 Å². The van der Waals surface area contributed by atoms with Gasteiger partial charge in [-0.3, -0.25) is 0 Å². The van der Waals surface area contributed by atoms with Crippen molar-refractivity contribution in [1.82, 2.24) is 5.32 Å². The first-order valence-electron chi connectivity index (χ1n) is 5.46. The van der Waals surface area contributed by atoms with E-state index in [0.29, 0.717) is 6.54 Å². The van der Waals surface area contributed by atoms with E-state index >= 15 is 0 Å². The van der Waals surface area contributed by atoms with Gasteiger partial charge in [-0.25, -0.2) is 0 Å². The lowest BCUT2D eigenvalue weighted by atomic mass is 10.1. The van der Waals surface area contributed by atoms with Crippen molar-refractivity contribution < 1.29 is 14.6 Å². The molecule has 0 bridgehead atoms. The van der Waals surface area contributed by atoms with Crippen molar-refractivity contribution in [2.75, 3.05) is 13.4 Å². The zero-order valence-corrected chi connectivity index (χ0v) is 11.5. The molecule has 1 aliphatic rings. The molecule has 0 saturated heterocycles. The summed E-state index contributed by atoms with van der Waals surface area (Å²) < 4.78 is 11.6. The summed E-state index contributed by atoms with van der Waals surface area (Å²) >= 11 is 3.45. The molecule has 4 nitrogen and oxygen atoms in total. The number of aliphatic hydroxyl groups excluding tert-OH is 1. The Bertz CT molecular complexity index is 420. The molecule has 1 aromatic rings. The molecule has 1 aromatic carbocycles. The number of benzene rings is 1. The van der Waals surface area contributed by atoms with Gasteiger partial charge in [0.05, 0.1) is 11.1 Å². The number of halogens is 1. The van der Waals surface area contributed by atoms with Crippen LogP contribution in [-0.4, -0.2) is 24.0 Å². The van der Waals surface area contributed by atoms with Gasteiger partial charge in [0.25, 0.3) is 0 Å². The van der Waals surface area contributed by atoms with Gasteiger partial charge in [-0.05, 0) is 47.5 Å². The quantitative estimate of drug-likeness (QED) is 0.893. The van der Waals surface area contributed by atoms with E-state index in [1.807, 2.05) is 26.0 Å². The molecule has 0 radical (unpaired) electrons. The first-order valence-corrected chi connectivity index (χ1v) is 6.25. The molecule has 2 rings (SSSR count). The summed E-state index contributed by atoms with van der Waals surface area (Å²) in [6.45, 7) is 4.94. The lowest BCUT2D eigenvalue weighted by Crippen LogP contribution is -2.42. The van der Waals surface area contributed by atoms with E-state index in [0.717, 1.165) is 21.5 Å². The first kappa shape index (κ1) is 12.7. The molecular formula is C12H16BrNO3. The Morgan fingerprint density at radius 3 is 2.88 bits per heavy atom. The van der Waals surface area contributed by atoms with Crippen LogP contribution in [-0.2, 0) is 6.54 Å². The molecule has 0 spiro atoms. The van der Waals surface area contributed by atoms with Gasteiger partial charge in [0, 0.05) is 12.1 Å². The van der Waals surface area contributed by atoms with Crippen molar-refractivity contribution in [1.29, 1.82) is 0 Å². The van der Waals surface area contributed by atoms with Crippen molar-refractivity contribution in [3.8, 4) is 11.5 Å². The second-order valence-corrected chi connectivity index (χ2v) is 5.56. The van der Waals surface area contributed by atoms with E-state index in [2.05, 4.69) is 21.2 Å². The van der Waals surface area contributed by atoms with E-state index in [4.69, 9.17) is 14.6 Å². The molecule has 0 saturated carbocycles. The van der Waals surface area contributed by atoms with Crippen LogP contribution in [0, 0.1) is 0 Å². The van der Waals surface area contributed by atoms with Gasteiger partial charge in [-0.1, -0.05) is 0 Å². The van der Waals surface area contributed by atoms with Crippen LogP contribution >= 0.6 is 15.9 Å². The summed E-state index contributed by atoms with van der Waals surface area (Å²) in [5.74, 6) is 1.52. The summed E-state index contributed by atoms with van der Waals surface area (Å²) in [6.07, 6.45) is 0. The predicted octanol–water partition coefficient (Wildman–Crippen LogP) is 2.04. The summed E-state index contributed by atoms with van der Waals surface area (Å²) in [7, 11) is 0. The van der Waals surface area contributed by atoms with Crippen LogP contribution in [0.4, 0.5) is 0 Å². The molecule has 0 aliphatic carbocycles. The Labute approximate surface area is 109 Å². The van der Waals surface area contributed by atoms with Gasteiger partial charge in [0.2, 0.25) is 6.79 Å². The SMILES string of the molecule is CC(C)(CO)NCc1cc(Br)c2c(c1)OCO2. The van der Waals surface area contributed by atoms with Gasteiger partial charge in [-0.15, -0.1) is 0 Å². The molecule has 1 heterocycles. The smallest absolute Gasteiger partial charge is 0.231 e. The molecule has 2 N–H and O–H groups in total. The largest absolute Gasteiger partial charge is 0.454 e. The minimum atomic E-state index is -0.289. The summed E-state index contributed by atoms with van der Waals surface area (Å²) in [6, 6.07) is 3.95. The Morgan fingerprint density at radius 2 is 2.18 bits per heavy atom. The Balaban J connectivity index is 2.10. The normalized spacial score (nSPS) is 14.1. The first-order chi connectivity index (χ1) is 8.02. The van der Waals surface area contributed by atoms with Crippen molar-refractivity contribution in [2.45, 2.75) is 25.9 Å². The molecule has 5 heteroatoms. The van der Waals surface area contributed by atoms with E-state index in [-0.39, 0.29) is 18.9 Å². The van der Waals surface area contributed by atoms with E-state index < -0.39 is 0 Å². The average Bonchev–Trinajstić information content (AvgIpc) is 2.75. The molecule has 0 amide bonds. The monoisotopic (exact) mass is 301 g/mol. The van der Waals surface area contributed by atoms with Crippen LogP contribution in [0.15, 0.2) is 16.6 Å². The number of hydrogen-bond donors (Lipinski definition) is 2. The number of ether oxygens (including phenoxy) is 2. The highest BCUT2D eigenvalue weighted by atomic mass is 79.9. The second kappa shape index (κ2) is 4.84. The highest BCUT2D eigenvalue weighted by Gasteiger charge is 2.19. The van der Waals surface area contributed by atoms with E-state index in [9.17, 15) is 0 Å². The number of fused-ring (bicyclic) bond motifs is 1. The third-order valence-corrected chi connectivity index (χ3v) is 3.24. The molecule has 17 heavy (non-hydrogen) atoms. The minimum absolute atomic E-state index is 0.0960. The van der Waals surface area contributed by atoms with Gasteiger partial charge in [0.1, 0.15) is 0 Å². The maximum absolute atomic E-state index is 9.17. The molecule has 0 aromatic heterocycles. The highest BCUT2D eigenvalue weighted by Crippen LogP contribution is 2.39. The molecule has 1 aliphatic heterocycles. The zero-order valence-electron chi connectivity index (χ0n) is 9.92. The Hall–Kier alpha value is -0.780. The van der Waals surface area contributed by atoms with Crippen molar-refractivity contribution in [3.63, 3.8) is 0 Å². The van der Waals surface area contributed by atoms with Crippen LogP contribution in [0.25, 0.3) is 0 Å². The molecule has 0 atom stereocenters. The lowest BCUT2D eigenvalue weighted by Gasteiger charge is -2.23. The second-order valence-electron chi connectivity index (χ2n) is 4.71. The fourth-order valence-corrected chi connectivity index (χ4v) is 2.12. The molecule has 0 unspecified atom stereocenters. The summed E-state index contributed by atoms with van der Waals surface area (Å²) in [5.41, 5.74) is 0.797. The Morgan fingerprint density at radius 1 is 1.41 bits per heavy atom. The summed E-state index contributed by atoms with van der Waals surface area (Å²) in [4.78, 5) is 0.